The molecule has 12 aromatic rings. The van der Waals surface area contributed by atoms with Gasteiger partial charge in [0.05, 0.1) is 0 Å². The van der Waals surface area contributed by atoms with Crippen LogP contribution in [-0.2, 0) is 25.7 Å². The van der Waals surface area contributed by atoms with Crippen LogP contribution in [0.1, 0.15) is 156 Å². The third-order valence-electron chi connectivity index (χ3n) is 17.5. The van der Waals surface area contributed by atoms with Gasteiger partial charge in [-0.2, -0.15) is 0 Å². The first-order chi connectivity index (χ1) is 46.5. The predicted molar refractivity (Wildman–Crippen MR) is 383 cm³/mol. The van der Waals surface area contributed by atoms with Crippen LogP contribution >= 0.6 is 0 Å². The second-order valence-corrected chi connectivity index (χ2v) is 24.0. The maximum Gasteiger partial charge on any atom is 0.255 e. The topological polar surface area (TPSA) is 180 Å². The van der Waals surface area contributed by atoms with Gasteiger partial charge in [0.1, 0.15) is 0 Å². The fraction of sp³-hybridized carbons (Fsp3) is 0.133. The number of nitrogens with one attached hydrogen (secondary N) is 8. The molecule has 1 aliphatic rings. The molecule has 0 saturated heterocycles. The van der Waals surface area contributed by atoms with E-state index in [0.29, 0.717) is 89.2 Å². The molecule has 8 aromatic carbocycles. The number of hydrogen-bond donors (Lipinski definition) is 8. The molecule has 95 heavy (non-hydrogen) atoms. The first-order valence-electron chi connectivity index (χ1n) is 32.8. The molecule has 12 heteroatoms. The van der Waals surface area contributed by atoms with Crippen molar-refractivity contribution in [2.24, 2.45) is 0 Å². The Kier molecular flexibility index (Phi) is 18.3. The number of aromatic nitrogens is 4. The summed E-state index contributed by atoms with van der Waals surface area (Å²) in [5.41, 5.74) is 17.7. The minimum atomic E-state index is -0.248. The highest BCUT2D eigenvalue weighted by atomic mass is 16.2. The lowest BCUT2D eigenvalue weighted by Crippen LogP contribution is -2.21. The molecule has 4 aromatic heterocycles. The molecular formula is C83H74N8O4. The highest BCUT2D eigenvalue weighted by Crippen LogP contribution is 2.35. The number of para-hydroxylation sites is 4. The van der Waals surface area contributed by atoms with Crippen LogP contribution in [-0.4, -0.2) is 43.6 Å². The summed E-state index contributed by atoms with van der Waals surface area (Å²) in [6, 6.07) is 78.8. The molecule has 5 heterocycles. The average molecular weight is 1250 g/mol. The number of amides is 4. The van der Waals surface area contributed by atoms with E-state index in [4.69, 9.17) is 0 Å². The van der Waals surface area contributed by atoms with Gasteiger partial charge in [0, 0.05) is 134 Å². The number of benzene rings is 8. The highest BCUT2D eigenvalue weighted by Gasteiger charge is 2.25. The molecule has 0 fully saturated rings. The van der Waals surface area contributed by atoms with Gasteiger partial charge in [-0.1, -0.05) is 168 Å². The summed E-state index contributed by atoms with van der Waals surface area (Å²) < 4.78 is 0. The van der Waals surface area contributed by atoms with Gasteiger partial charge in [0.15, 0.2) is 0 Å². The maximum absolute atomic E-state index is 14.5. The highest BCUT2D eigenvalue weighted by molar-refractivity contribution is 6.09. The Labute approximate surface area is 552 Å². The summed E-state index contributed by atoms with van der Waals surface area (Å²) in [5.74, 6) is -0.973. The summed E-state index contributed by atoms with van der Waals surface area (Å²) >= 11 is 0. The van der Waals surface area contributed by atoms with Crippen LogP contribution < -0.4 is 42.7 Å². The molecule has 8 bridgehead atoms. The summed E-state index contributed by atoms with van der Waals surface area (Å²) in [7, 11) is 0. The number of hydrogen-bond acceptors (Lipinski definition) is 4. The van der Waals surface area contributed by atoms with Crippen LogP contribution in [0.5, 0.6) is 0 Å². The molecular weight excluding hydrogens is 1170 g/mol. The van der Waals surface area contributed by atoms with Crippen LogP contribution in [0.4, 0.5) is 22.7 Å². The molecule has 8 N–H and O–H groups in total. The molecule has 4 amide bonds. The lowest BCUT2D eigenvalue weighted by atomic mass is 10.00. The summed E-state index contributed by atoms with van der Waals surface area (Å²) in [5, 5.41) is 16.1. The second-order valence-electron chi connectivity index (χ2n) is 24.0. The number of carbonyl (C=O) groups excluding carboxylic acids is 4. The SMILES string of the molecule is CCCc1cccc(C(=O)Nc2ccccc2C2=c3ccc([nH]3)=C(c3ccccc3NC(=O)c3cccc(CC)c3)c3ccc([nH]3)C(c3ccccc3NC(=O)c3cccc(CCC)c3)=c3ccc([nH]3)=C(c3ccccc3NC(=O)c3cccc(CCC)c3)c3ccc2[nH]3)c1. The summed E-state index contributed by atoms with van der Waals surface area (Å²) in [4.78, 5) is 73.6. The Morgan fingerprint density at radius 3 is 0.789 bits per heavy atom. The maximum atomic E-state index is 14.5. The van der Waals surface area contributed by atoms with Crippen LogP contribution in [0.25, 0.3) is 22.3 Å². The quantitative estimate of drug-likeness (QED) is 0.0402. The molecule has 0 unspecified atom stereocenters. The van der Waals surface area contributed by atoms with E-state index < -0.39 is 0 Å². The number of carbonyl (C=O) groups is 4. The Morgan fingerprint density at radius 1 is 0.274 bits per heavy atom. The molecule has 0 saturated carbocycles. The van der Waals surface area contributed by atoms with Crippen LogP contribution in [0, 0.1) is 0 Å². The summed E-state index contributed by atoms with van der Waals surface area (Å²) in [6.45, 7) is 8.46. The van der Waals surface area contributed by atoms with E-state index in [9.17, 15) is 19.2 Å². The van der Waals surface area contributed by atoms with Crippen molar-refractivity contribution in [1.82, 2.24) is 19.9 Å². The Morgan fingerprint density at radius 2 is 0.526 bits per heavy atom. The fourth-order valence-electron chi connectivity index (χ4n) is 12.9. The van der Waals surface area contributed by atoms with Crippen molar-refractivity contribution in [2.45, 2.75) is 72.6 Å². The van der Waals surface area contributed by atoms with Gasteiger partial charge < -0.3 is 41.2 Å². The minimum Gasteiger partial charge on any atom is -0.354 e. The van der Waals surface area contributed by atoms with Gasteiger partial charge in [0.2, 0.25) is 0 Å². The van der Waals surface area contributed by atoms with Crippen molar-refractivity contribution in [1.29, 1.82) is 0 Å². The van der Waals surface area contributed by atoms with Gasteiger partial charge in [-0.25, -0.2) is 0 Å². The van der Waals surface area contributed by atoms with Crippen LogP contribution in [0.2, 0.25) is 0 Å². The number of H-pyrrole nitrogens is 4. The van der Waals surface area contributed by atoms with E-state index in [-0.39, 0.29) is 23.6 Å². The molecule has 1 aliphatic heterocycles. The van der Waals surface area contributed by atoms with Gasteiger partial charge >= 0.3 is 0 Å². The van der Waals surface area contributed by atoms with Crippen LogP contribution in [0.3, 0.4) is 0 Å². The average Bonchev–Trinajstić information content (AvgIpc) is 1.63. The molecule has 13 rings (SSSR count). The predicted octanol–water partition coefficient (Wildman–Crippen LogP) is 14.7. The van der Waals surface area contributed by atoms with E-state index in [2.05, 4.69) is 111 Å². The van der Waals surface area contributed by atoms with E-state index in [0.717, 1.165) is 112 Å². The van der Waals surface area contributed by atoms with Crippen molar-refractivity contribution in [3.05, 3.63) is 354 Å². The number of aromatic amines is 4. The third kappa shape index (κ3) is 13.3. The second kappa shape index (κ2) is 28.0. The van der Waals surface area contributed by atoms with Crippen molar-refractivity contribution >= 4 is 68.7 Å². The molecule has 0 spiro atoms. The molecule has 470 valence electrons. The largest absolute Gasteiger partial charge is 0.354 e. The lowest BCUT2D eigenvalue weighted by molar-refractivity contribution is 0.101. The van der Waals surface area contributed by atoms with Gasteiger partial charge in [0.25, 0.3) is 23.6 Å². The number of fused-ring (bicyclic) bond motifs is 8. The fourth-order valence-corrected chi connectivity index (χ4v) is 12.9. The molecule has 0 atom stereocenters. The van der Waals surface area contributed by atoms with Crippen molar-refractivity contribution in [3.63, 3.8) is 0 Å². The third-order valence-corrected chi connectivity index (χ3v) is 17.5. The molecule has 12 nitrogen and oxygen atoms in total. The van der Waals surface area contributed by atoms with Gasteiger partial charge in [-0.3, -0.25) is 19.2 Å². The standard InChI is InChI=1S/C83H74N8O4/c1-5-21-53-25-18-29-57(49-53)81(93)89-65-37-14-10-33-61(65)77-70-42-40-68(84-70)76(60-32-9-13-36-64(60)88-80(92)56-28-17-24-52(8-4)48-56)69-41-43-71(85-69)78(62-34-11-15-38-66(62)90-82(94)58-30-19-26-54(50-58)22-6-2)73-45-47-75(87-73)79(74-46-44-72(77)86-74)63-35-12-16-39-67(63)91-83(95)59-31-20-27-55(51-59)23-7-3/h9-20,24-51,84-87H,5-8,21-23H2,1-4H3,(H,88,92)(H,89,93)(H,90,94)(H,91,95). The number of aryl methyl sites for hydroxylation is 4. The normalized spacial score (nSPS) is 12.0. The number of anilines is 4. The van der Waals surface area contributed by atoms with Gasteiger partial charge in [-0.05, 0) is 169 Å². The number of rotatable bonds is 19. The van der Waals surface area contributed by atoms with Crippen LogP contribution in [0.15, 0.2) is 243 Å². The zero-order valence-corrected chi connectivity index (χ0v) is 53.7. The van der Waals surface area contributed by atoms with Gasteiger partial charge in [-0.15, -0.1) is 0 Å². The minimum absolute atomic E-state index is 0.241. The first-order valence-corrected chi connectivity index (χ1v) is 32.8. The van der Waals surface area contributed by atoms with Crippen molar-refractivity contribution in [3.8, 4) is 0 Å². The first kappa shape index (κ1) is 62.1. The zero-order chi connectivity index (χ0) is 65.4. The van der Waals surface area contributed by atoms with E-state index in [1.807, 2.05) is 200 Å². The zero-order valence-electron chi connectivity index (χ0n) is 53.7. The van der Waals surface area contributed by atoms with E-state index in [1.165, 1.54) is 0 Å². The molecule has 0 aliphatic carbocycles. The van der Waals surface area contributed by atoms with Crippen molar-refractivity contribution < 1.29 is 19.2 Å². The monoisotopic (exact) mass is 1250 g/mol. The Bertz CT molecular complexity index is 5170. The Balaban J connectivity index is 1.07. The smallest absolute Gasteiger partial charge is 0.255 e. The van der Waals surface area contributed by atoms with E-state index >= 15 is 0 Å². The lowest BCUT2D eigenvalue weighted by Gasteiger charge is -2.16. The molecule has 0 radical (unpaired) electrons. The van der Waals surface area contributed by atoms with Crippen molar-refractivity contribution in [2.75, 3.05) is 21.3 Å². The van der Waals surface area contributed by atoms with E-state index in [1.54, 1.807) is 0 Å². The Hall–Kier alpha value is -11.8. The summed E-state index contributed by atoms with van der Waals surface area (Å²) in [6.07, 6.45) is 6.17.